The third-order valence-corrected chi connectivity index (χ3v) is 2.96. The van der Waals surface area contributed by atoms with Crippen molar-refractivity contribution in [3.8, 4) is 5.75 Å². The SMILES string of the molecule is CC(C)NC(=O)CCc1ccc(OCCN(C)C)c(N)c1. The number of nitrogens with two attached hydrogens (primary N) is 1. The highest BCUT2D eigenvalue weighted by Gasteiger charge is 2.06. The summed E-state index contributed by atoms with van der Waals surface area (Å²) in [4.78, 5) is 13.7. The van der Waals surface area contributed by atoms with Gasteiger partial charge in [0.1, 0.15) is 12.4 Å². The monoisotopic (exact) mass is 293 g/mol. The number of hydrogen-bond acceptors (Lipinski definition) is 4. The molecule has 0 spiro atoms. The van der Waals surface area contributed by atoms with Crippen LogP contribution < -0.4 is 15.8 Å². The van der Waals surface area contributed by atoms with Crippen molar-refractivity contribution < 1.29 is 9.53 Å². The third-order valence-electron chi connectivity index (χ3n) is 2.96. The van der Waals surface area contributed by atoms with Crippen molar-refractivity contribution in [3.63, 3.8) is 0 Å². The van der Waals surface area contributed by atoms with Crippen molar-refractivity contribution in [1.82, 2.24) is 10.2 Å². The van der Waals surface area contributed by atoms with Crippen molar-refractivity contribution in [2.45, 2.75) is 32.7 Å². The first-order valence-corrected chi connectivity index (χ1v) is 7.33. The Balaban J connectivity index is 2.48. The molecule has 0 saturated carbocycles. The Morgan fingerprint density at radius 2 is 2.10 bits per heavy atom. The number of anilines is 1. The number of amides is 1. The van der Waals surface area contributed by atoms with E-state index in [0.717, 1.165) is 12.1 Å². The number of nitrogens with zero attached hydrogens (tertiary/aromatic N) is 1. The lowest BCUT2D eigenvalue weighted by molar-refractivity contribution is -0.121. The average Bonchev–Trinajstić information content (AvgIpc) is 2.37. The van der Waals surface area contributed by atoms with Gasteiger partial charge >= 0.3 is 0 Å². The zero-order valence-electron chi connectivity index (χ0n) is 13.5. The fourth-order valence-corrected chi connectivity index (χ4v) is 1.88. The van der Waals surface area contributed by atoms with Gasteiger partial charge in [-0.2, -0.15) is 0 Å². The number of carbonyl (C=O) groups is 1. The molecule has 5 heteroatoms. The lowest BCUT2D eigenvalue weighted by Gasteiger charge is -2.13. The van der Waals surface area contributed by atoms with Crippen LogP contribution in [0.1, 0.15) is 25.8 Å². The molecule has 0 atom stereocenters. The summed E-state index contributed by atoms with van der Waals surface area (Å²) in [5, 5.41) is 2.88. The van der Waals surface area contributed by atoms with Crippen molar-refractivity contribution in [2.24, 2.45) is 0 Å². The van der Waals surface area contributed by atoms with Crippen LogP contribution in [-0.2, 0) is 11.2 Å². The van der Waals surface area contributed by atoms with E-state index in [1.165, 1.54) is 0 Å². The normalized spacial score (nSPS) is 11.0. The molecule has 0 aliphatic rings. The summed E-state index contributed by atoms with van der Waals surface area (Å²) in [6, 6.07) is 5.90. The van der Waals surface area contributed by atoms with E-state index in [0.29, 0.717) is 30.9 Å². The topological polar surface area (TPSA) is 67.6 Å². The van der Waals surface area contributed by atoms with Crippen LogP contribution >= 0.6 is 0 Å². The maximum Gasteiger partial charge on any atom is 0.220 e. The zero-order chi connectivity index (χ0) is 15.8. The van der Waals surface area contributed by atoms with Gasteiger partial charge in [0, 0.05) is 19.0 Å². The Kier molecular flexibility index (Phi) is 7.02. The first-order valence-electron chi connectivity index (χ1n) is 7.33. The summed E-state index contributed by atoms with van der Waals surface area (Å²) >= 11 is 0. The van der Waals surface area contributed by atoms with Gasteiger partial charge in [0.25, 0.3) is 0 Å². The van der Waals surface area contributed by atoms with Crippen molar-refractivity contribution >= 4 is 11.6 Å². The lowest BCUT2D eigenvalue weighted by atomic mass is 10.1. The average molecular weight is 293 g/mol. The third kappa shape index (κ3) is 6.99. The summed E-state index contributed by atoms with van der Waals surface area (Å²) < 4.78 is 5.63. The van der Waals surface area contributed by atoms with Gasteiger partial charge in [-0.25, -0.2) is 0 Å². The van der Waals surface area contributed by atoms with Crippen molar-refractivity contribution in [2.75, 3.05) is 33.0 Å². The Morgan fingerprint density at radius 3 is 2.67 bits per heavy atom. The molecule has 0 aromatic heterocycles. The number of hydrogen-bond donors (Lipinski definition) is 2. The molecular weight excluding hydrogens is 266 g/mol. The molecule has 0 unspecified atom stereocenters. The number of likely N-dealkylation sites (N-methyl/N-ethyl adjacent to an activating group) is 1. The molecule has 1 amide bonds. The molecule has 3 N–H and O–H groups in total. The quantitative estimate of drug-likeness (QED) is 0.715. The van der Waals surface area contributed by atoms with E-state index in [9.17, 15) is 4.79 Å². The smallest absolute Gasteiger partial charge is 0.220 e. The van der Waals surface area contributed by atoms with E-state index in [2.05, 4.69) is 10.2 Å². The van der Waals surface area contributed by atoms with Crippen LogP contribution in [0.2, 0.25) is 0 Å². The largest absolute Gasteiger partial charge is 0.490 e. The van der Waals surface area contributed by atoms with Gasteiger partial charge in [-0.3, -0.25) is 4.79 Å². The summed E-state index contributed by atoms with van der Waals surface area (Å²) in [6.45, 7) is 5.36. The standard InChI is InChI=1S/C16H27N3O2/c1-12(2)18-16(20)8-6-13-5-7-15(14(17)11-13)21-10-9-19(3)4/h5,7,11-12H,6,8-10,17H2,1-4H3,(H,18,20). The molecule has 0 aliphatic heterocycles. The molecule has 21 heavy (non-hydrogen) atoms. The summed E-state index contributed by atoms with van der Waals surface area (Å²) in [5.41, 5.74) is 7.65. The maximum atomic E-state index is 11.6. The number of aryl methyl sites for hydroxylation is 1. The molecule has 1 aromatic carbocycles. The lowest BCUT2D eigenvalue weighted by Crippen LogP contribution is -2.30. The highest BCUT2D eigenvalue weighted by molar-refractivity contribution is 5.76. The van der Waals surface area contributed by atoms with Crippen LogP contribution in [0.4, 0.5) is 5.69 Å². The molecule has 1 rings (SSSR count). The van der Waals surface area contributed by atoms with Gasteiger partial charge in [0.15, 0.2) is 0 Å². The second kappa shape index (κ2) is 8.52. The van der Waals surface area contributed by atoms with Crippen LogP contribution in [0.25, 0.3) is 0 Å². The molecule has 0 fully saturated rings. The molecule has 0 bridgehead atoms. The van der Waals surface area contributed by atoms with E-state index in [1.54, 1.807) is 0 Å². The molecule has 1 aromatic rings. The van der Waals surface area contributed by atoms with Crippen molar-refractivity contribution in [1.29, 1.82) is 0 Å². The second-order valence-corrected chi connectivity index (χ2v) is 5.75. The minimum absolute atomic E-state index is 0.0647. The predicted octanol–water partition coefficient (Wildman–Crippen LogP) is 1.67. The van der Waals surface area contributed by atoms with E-state index in [1.807, 2.05) is 46.1 Å². The van der Waals surface area contributed by atoms with Gasteiger partial charge in [-0.05, 0) is 52.1 Å². The predicted molar refractivity (Wildman–Crippen MR) is 86.5 cm³/mol. The first-order chi connectivity index (χ1) is 9.88. The number of ether oxygens (including phenoxy) is 1. The Morgan fingerprint density at radius 1 is 1.38 bits per heavy atom. The van der Waals surface area contributed by atoms with Crippen LogP contribution in [-0.4, -0.2) is 44.1 Å². The second-order valence-electron chi connectivity index (χ2n) is 5.75. The number of rotatable bonds is 8. The molecule has 0 heterocycles. The minimum atomic E-state index is 0.0647. The molecule has 0 aliphatic carbocycles. The molecule has 5 nitrogen and oxygen atoms in total. The van der Waals surface area contributed by atoms with E-state index in [4.69, 9.17) is 10.5 Å². The van der Waals surface area contributed by atoms with Crippen molar-refractivity contribution in [3.05, 3.63) is 23.8 Å². The van der Waals surface area contributed by atoms with Crippen LogP contribution in [0.3, 0.4) is 0 Å². The maximum absolute atomic E-state index is 11.6. The molecule has 118 valence electrons. The number of nitrogen functional groups attached to an aromatic ring is 1. The summed E-state index contributed by atoms with van der Waals surface area (Å²) in [7, 11) is 4.00. The number of nitrogens with one attached hydrogen (secondary N) is 1. The van der Waals surface area contributed by atoms with Gasteiger partial charge in [0.2, 0.25) is 5.91 Å². The number of carbonyl (C=O) groups excluding carboxylic acids is 1. The van der Waals surface area contributed by atoms with Crippen LogP contribution in [0, 0.1) is 0 Å². The fraction of sp³-hybridized carbons (Fsp3) is 0.562. The Labute approximate surface area is 127 Å². The van der Waals surface area contributed by atoms with Gasteiger partial charge in [-0.15, -0.1) is 0 Å². The summed E-state index contributed by atoms with van der Waals surface area (Å²) in [5.74, 6) is 0.766. The Bertz CT molecular complexity index is 459. The van der Waals surface area contributed by atoms with E-state index < -0.39 is 0 Å². The van der Waals surface area contributed by atoms with Gasteiger partial charge in [-0.1, -0.05) is 6.07 Å². The highest BCUT2D eigenvalue weighted by atomic mass is 16.5. The van der Waals surface area contributed by atoms with E-state index >= 15 is 0 Å². The molecule has 0 radical (unpaired) electrons. The zero-order valence-corrected chi connectivity index (χ0v) is 13.5. The van der Waals surface area contributed by atoms with E-state index in [-0.39, 0.29) is 11.9 Å². The summed E-state index contributed by atoms with van der Waals surface area (Å²) in [6.07, 6.45) is 1.15. The van der Waals surface area contributed by atoms with Crippen LogP contribution in [0.5, 0.6) is 5.75 Å². The molecule has 0 saturated heterocycles. The first kappa shape index (κ1) is 17.3. The number of benzene rings is 1. The minimum Gasteiger partial charge on any atom is -0.490 e. The van der Waals surface area contributed by atoms with Gasteiger partial charge < -0.3 is 20.7 Å². The van der Waals surface area contributed by atoms with Crippen LogP contribution in [0.15, 0.2) is 18.2 Å². The highest BCUT2D eigenvalue weighted by Crippen LogP contribution is 2.23. The fourth-order valence-electron chi connectivity index (χ4n) is 1.88. The van der Waals surface area contributed by atoms with Gasteiger partial charge in [0.05, 0.1) is 5.69 Å². The Hall–Kier alpha value is -1.75. The molecular formula is C16H27N3O2.